The van der Waals surface area contributed by atoms with E-state index in [1.165, 1.54) is 0 Å². The summed E-state index contributed by atoms with van der Waals surface area (Å²) >= 11 is 0. The van der Waals surface area contributed by atoms with E-state index in [-0.39, 0.29) is 0 Å². The largest absolute Gasteiger partial charge is 0.389 e. The van der Waals surface area contributed by atoms with E-state index < -0.39 is 5.60 Å². The van der Waals surface area contributed by atoms with Gasteiger partial charge in [-0.05, 0) is 20.4 Å². The quantitative estimate of drug-likeness (QED) is 0.764. The number of hydrogen-bond donors (Lipinski definition) is 1. The summed E-state index contributed by atoms with van der Waals surface area (Å²) in [5.41, 5.74) is -0.731. The van der Waals surface area contributed by atoms with Gasteiger partial charge in [0, 0.05) is 13.7 Å². The van der Waals surface area contributed by atoms with Crippen LogP contribution in [-0.4, -0.2) is 45.9 Å². The lowest BCUT2D eigenvalue weighted by Gasteiger charge is -2.26. The van der Waals surface area contributed by atoms with E-state index in [2.05, 4.69) is 10.1 Å². The third kappa shape index (κ3) is 5.25. The van der Waals surface area contributed by atoms with Gasteiger partial charge in [0.2, 0.25) is 5.89 Å². The Balaban J connectivity index is 2.54. The van der Waals surface area contributed by atoms with Gasteiger partial charge in [-0.25, -0.2) is 0 Å². The number of methoxy groups -OCH3 is 1. The van der Waals surface area contributed by atoms with Crippen LogP contribution in [0.15, 0.2) is 4.52 Å². The predicted molar refractivity (Wildman–Crippen MR) is 62.3 cm³/mol. The van der Waals surface area contributed by atoms with E-state index in [0.717, 1.165) is 6.54 Å². The van der Waals surface area contributed by atoms with Gasteiger partial charge in [-0.15, -0.1) is 0 Å². The maximum Gasteiger partial charge on any atom is 0.240 e. The van der Waals surface area contributed by atoms with Crippen LogP contribution < -0.4 is 0 Å². The van der Waals surface area contributed by atoms with Crippen molar-refractivity contribution >= 4 is 0 Å². The Labute approximate surface area is 102 Å². The smallest absolute Gasteiger partial charge is 0.240 e. The first-order chi connectivity index (χ1) is 7.94. The summed E-state index contributed by atoms with van der Waals surface area (Å²) in [6, 6.07) is 0. The SMILES string of the molecule is CCN(Cc1nc(COC)no1)CC(C)(C)O. The Bertz CT molecular complexity index is 333. The second-order valence-electron chi connectivity index (χ2n) is 4.65. The summed E-state index contributed by atoms with van der Waals surface area (Å²) in [5.74, 6) is 1.09. The topological polar surface area (TPSA) is 71.6 Å². The van der Waals surface area contributed by atoms with E-state index in [9.17, 15) is 5.11 Å². The Morgan fingerprint density at radius 2 is 2.18 bits per heavy atom. The van der Waals surface area contributed by atoms with Crippen molar-refractivity contribution in [2.45, 2.75) is 39.5 Å². The fraction of sp³-hybridized carbons (Fsp3) is 0.818. The minimum atomic E-state index is -0.731. The molecular formula is C11H21N3O3. The van der Waals surface area contributed by atoms with Gasteiger partial charge in [0.25, 0.3) is 0 Å². The second-order valence-corrected chi connectivity index (χ2v) is 4.65. The third-order valence-electron chi connectivity index (χ3n) is 2.20. The molecule has 6 heteroatoms. The number of likely N-dealkylation sites (N-methyl/N-ethyl adjacent to an activating group) is 1. The van der Waals surface area contributed by atoms with Crippen LogP contribution in [0.3, 0.4) is 0 Å². The Morgan fingerprint density at radius 3 is 2.71 bits per heavy atom. The van der Waals surface area contributed by atoms with Gasteiger partial charge >= 0.3 is 0 Å². The number of ether oxygens (including phenoxy) is 1. The molecule has 6 nitrogen and oxygen atoms in total. The molecule has 0 fully saturated rings. The molecule has 0 aliphatic carbocycles. The fourth-order valence-electron chi connectivity index (χ4n) is 1.56. The lowest BCUT2D eigenvalue weighted by Crippen LogP contribution is -2.38. The lowest BCUT2D eigenvalue weighted by atomic mass is 10.1. The van der Waals surface area contributed by atoms with Gasteiger partial charge in [0.15, 0.2) is 5.82 Å². The molecule has 17 heavy (non-hydrogen) atoms. The van der Waals surface area contributed by atoms with Gasteiger partial charge in [-0.2, -0.15) is 4.98 Å². The monoisotopic (exact) mass is 243 g/mol. The molecule has 1 aromatic rings. The van der Waals surface area contributed by atoms with Gasteiger partial charge in [-0.1, -0.05) is 12.1 Å². The fourth-order valence-corrected chi connectivity index (χ4v) is 1.56. The average molecular weight is 243 g/mol. The predicted octanol–water partition coefficient (Wildman–Crippen LogP) is 0.809. The van der Waals surface area contributed by atoms with E-state index in [4.69, 9.17) is 9.26 Å². The molecule has 1 heterocycles. The maximum absolute atomic E-state index is 9.76. The van der Waals surface area contributed by atoms with Crippen molar-refractivity contribution < 1.29 is 14.4 Å². The molecule has 0 aromatic carbocycles. The van der Waals surface area contributed by atoms with Crippen molar-refractivity contribution in [2.24, 2.45) is 0 Å². The molecule has 0 amide bonds. The van der Waals surface area contributed by atoms with E-state index in [0.29, 0.717) is 31.4 Å². The number of rotatable bonds is 7. The molecule has 0 spiro atoms. The molecule has 0 unspecified atom stereocenters. The average Bonchev–Trinajstić information content (AvgIpc) is 2.63. The van der Waals surface area contributed by atoms with Crippen molar-refractivity contribution in [2.75, 3.05) is 20.2 Å². The molecule has 0 bridgehead atoms. The molecule has 1 aromatic heterocycles. The first-order valence-corrected chi connectivity index (χ1v) is 5.69. The summed E-state index contributed by atoms with van der Waals surface area (Å²) in [6.07, 6.45) is 0. The Morgan fingerprint density at radius 1 is 1.47 bits per heavy atom. The van der Waals surface area contributed by atoms with Gasteiger partial charge in [-0.3, -0.25) is 4.90 Å². The standard InChI is InChI=1S/C11H21N3O3/c1-5-14(8-11(2,3)15)6-10-12-9(7-16-4)13-17-10/h15H,5-8H2,1-4H3. The van der Waals surface area contributed by atoms with Crippen LogP contribution in [0, 0.1) is 0 Å². The highest BCUT2D eigenvalue weighted by molar-refractivity contribution is 4.85. The van der Waals surface area contributed by atoms with Gasteiger partial charge < -0.3 is 14.4 Å². The van der Waals surface area contributed by atoms with E-state index in [1.807, 2.05) is 11.8 Å². The molecule has 1 rings (SSSR count). The zero-order chi connectivity index (χ0) is 12.9. The van der Waals surface area contributed by atoms with E-state index in [1.54, 1.807) is 21.0 Å². The zero-order valence-electron chi connectivity index (χ0n) is 10.9. The molecule has 0 saturated carbocycles. The molecule has 0 saturated heterocycles. The van der Waals surface area contributed by atoms with Crippen LogP contribution in [0.25, 0.3) is 0 Å². The number of aliphatic hydroxyl groups is 1. The highest BCUT2D eigenvalue weighted by atomic mass is 16.5. The molecule has 98 valence electrons. The molecular weight excluding hydrogens is 222 g/mol. The molecule has 0 atom stereocenters. The molecule has 0 aliphatic rings. The Kier molecular flexibility index (Phi) is 5.04. The van der Waals surface area contributed by atoms with Gasteiger partial charge in [0.05, 0.1) is 12.1 Å². The minimum Gasteiger partial charge on any atom is -0.389 e. The lowest BCUT2D eigenvalue weighted by molar-refractivity contribution is 0.0322. The van der Waals surface area contributed by atoms with Crippen LogP contribution in [-0.2, 0) is 17.9 Å². The van der Waals surface area contributed by atoms with Crippen LogP contribution in [0.5, 0.6) is 0 Å². The molecule has 0 aliphatic heterocycles. The van der Waals surface area contributed by atoms with Crippen LogP contribution in [0.4, 0.5) is 0 Å². The van der Waals surface area contributed by atoms with Crippen molar-refractivity contribution in [3.05, 3.63) is 11.7 Å². The Hall–Kier alpha value is -0.980. The van der Waals surface area contributed by atoms with Crippen molar-refractivity contribution in [3.8, 4) is 0 Å². The summed E-state index contributed by atoms with van der Waals surface area (Å²) in [6.45, 7) is 7.84. The van der Waals surface area contributed by atoms with Gasteiger partial charge in [0.1, 0.15) is 6.61 Å². The summed E-state index contributed by atoms with van der Waals surface area (Å²) < 4.78 is 10.0. The normalized spacial score (nSPS) is 12.4. The molecule has 0 radical (unpaired) electrons. The second kappa shape index (κ2) is 6.09. The summed E-state index contributed by atoms with van der Waals surface area (Å²) in [7, 11) is 1.59. The summed E-state index contributed by atoms with van der Waals surface area (Å²) in [4.78, 5) is 6.24. The van der Waals surface area contributed by atoms with Crippen LogP contribution >= 0.6 is 0 Å². The first-order valence-electron chi connectivity index (χ1n) is 5.69. The third-order valence-corrected chi connectivity index (χ3v) is 2.20. The number of nitrogens with zero attached hydrogens (tertiary/aromatic N) is 3. The van der Waals surface area contributed by atoms with Crippen LogP contribution in [0.1, 0.15) is 32.5 Å². The number of hydrogen-bond acceptors (Lipinski definition) is 6. The minimum absolute atomic E-state index is 0.348. The highest BCUT2D eigenvalue weighted by Gasteiger charge is 2.19. The highest BCUT2D eigenvalue weighted by Crippen LogP contribution is 2.09. The van der Waals surface area contributed by atoms with Crippen molar-refractivity contribution in [1.29, 1.82) is 0 Å². The maximum atomic E-state index is 9.76. The van der Waals surface area contributed by atoms with E-state index >= 15 is 0 Å². The molecule has 1 N–H and O–H groups in total. The van der Waals surface area contributed by atoms with Crippen LogP contribution in [0.2, 0.25) is 0 Å². The van der Waals surface area contributed by atoms with Crippen molar-refractivity contribution in [1.82, 2.24) is 15.0 Å². The first kappa shape index (κ1) is 14.1. The summed E-state index contributed by atoms with van der Waals surface area (Å²) in [5, 5.41) is 13.5. The number of aromatic nitrogens is 2. The van der Waals surface area contributed by atoms with Crippen molar-refractivity contribution in [3.63, 3.8) is 0 Å². The zero-order valence-corrected chi connectivity index (χ0v) is 10.9.